The van der Waals surface area contributed by atoms with E-state index in [-0.39, 0.29) is 5.91 Å². The molecule has 1 heterocycles. The van der Waals surface area contributed by atoms with Crippen molar-refractivity contribution in [2.24, 2.45) is 0 Å². The molecule has 0 fully saturated rings. The summed E-state index contributed by atoms with van der Waals surface area (Å²) in [5.74, 6) is 0.454. The molecule has 3 aromatic rings. The zero-order valence-corrected chi connectivity index (χ0v) is 13.6. The second-order valence-electron chi connectivity index (χ2n) is 5.35. The number of anilines is 1. The zero-order chi connectivity index (χ0) is 16.9. The number of hydrogen-bond donors (Lipinski definition) is 1. The van der Waals surface area contributed by atoms with Crippen LogP contribution in [-0.4, -0.2) is 28.0 Å². The fourth-order valence-corrected chi connectivity index (χ4v) is 2.34. The van der Waals surface area contributed by atoms with Crippen molar-refractivity contribution >= 4 is 11.6 Å². The van der Waals surface area contributed by atoms with Crippen LogP contribution in [0.4, 0.5) is 5.69 Å². The first-order valence-electron chi connectivity index (χ1n) is 7.57. The predicted molar refractivity (Wildman–Crippen MR) is 91.3 cm³/mol. The van der Waals surface area contributed by atoms with Gasteiger partial charge in [-0.1, -0.05) is 35.5 Å². The molecule has 1 amide bonds. The van der Waals surface area contributed by atoms with E-state index in [2.05, 4.69) is 15.6 Å². The highest BCUT2D eigenvalue weighted by molar-refractivity contribution is 6.03. The lowest BCUT2D eigenvalue weighted by molar-refractivity contribution is 0.102. The van der Waals surface area contributed by atoms with Crippen LogP contribution in [0.25, 0.3) is 0 Å². The Morgan fingerprint density at radius 1 is 1.12 bits per heavy atom. The van der Waals surface area contributed by atoms with Crippen molar-refractivity contribution in [2.45, 2.75) is 13.5 Å². The Balaban J connectivity index is 1.73. The molecular weight excluding hydrogens is 304 g/mol. The molecule has 0 saturated heterocycles. The fraction of sp³-hybridized carbons (Fsp3) is 0.167. The van der Waals surface area contributed by atoms with Crippen LogP contribution in [0.1, 0.15) is 21.7 Å². The van der Waals surface area contributed by atoms with Gasteiger partial charge < -0.3 is 10.1 Å². The number of nitrogens with one attached hydrogen (secondary N) is 1. The van der Waals surface area contributed by atoms with Crippen molar-refractivity contribution < 1.29 is 9.53 Å². The van der Waals surface area contributed by atoms with E-state index in [1.807, 2.05) is 37.3 Å². The fourth-order valence-electron chi connectivity index (χ4n) is 2.34. The van der Waals surface area contributed by atoms with Crippen LogP contribution >= 0.6 is 0 Å². The van der Waals surface area contributed by atoms with Gasteiger partial charge in [0.2, 0.25) is 0 Å². The maximum Gasteiger partial charge on any atom is 0.278 e. The van der Waals surface area contributed by atoms with Crippen LogP contribution in [0.3, 0.4) is 0 Å². The highest BCUT2D eigenvalue weighted by Gasteiger charge is 2.16. The maximum absolute atomic E-state index is 12.4. The van der Waals surface area contributed by atoms with Gasteiger partial charge in [0.05, 0.1) is 19.3 Å². The van der Waals surface area contributed by atoms with Gasteiger partial charge in [0.25, 0.3) is 5.91 Å². The van der Waals surface area contributed by atoms with E-state index in [4.69, 9.17) is 4.74 Å². The summed E-state index contributed by atoms with van der Waals surface area (Å²) in [7, 11) is 1.60. The Labute approximate surface area is 140 Å². The quantitative estimate of drug-likeness (QED) is 0.784. The van der Waals surface area contributed by atoms with Crippen molar-refractivity contribution in [3.05, 3.63) is 71.5 Å². The number of benzene rings is 2. The van der Waals surface area contributed by atoms with Crippen molar-refractivity contribution in [3.63, 3.8) is 0 Å². The van der Waals surface area contributed by atoms with E-state index in [1.165, 1.54) is 0 Å². The molecular formula is C18H18N4O2. The molecule has 24 heavy (non-hydrogen) atoms. The molecule has 0 spiro atoms. The minimum Gasteiger partial charge on any atom is -0.497 e. The Kier molecular flexibility index (Phi) is 4.56. The van der Waals surface area contributed by atoms with E-state index in [9.17, 15) is 4.79 Å². The summed E-state index contributed by atoms with van der Waals surface area (Å²) >= 11 is 0. The second-order valence-corrected chi connectivity index (χ2v) is 5.35. The van der Waals surface area contributed by atoms with Gasteiger partial charge >= 0.3 is 0 Å². The molecule has 122 valence electrons. The highest BCUT2D eigenvalue weighted by Crippen LogP contribution is 2.16. The summed E-state index contributed by atoms with van der Waals surface area (Å²) in [5, 5.41) is 10.9. The molecule has 2 aromatic carbocycles. The lowest BCUT2D eigenvalue weighted by Gasteiger charge is -2.06. The topological polar surface area (TPSA) is 69.0 Å². The van der Waals surface area contributed by atoms with Gasteiger partial charge in [-0.05, 0) is 36.8 Å². The largest absolute Gasteiger partial charge is 0.497 e. The number of carbonyl (C=O) groups excluding carboxylic acids is 1. The summed E-state index contributed by atoms with van der Waals surface area (Å²) in [6.45, 7) is 2.42. The Bertz CT molecular complexity index is 826. The molecule has 0 atom stereocenters. The van der Waals surface area contributed by atoms with Gasteiger partial charge in [0, 0.05) is 5.69 Å². The zero-order valence-electron chi connectivity index (χ0n) is 13.6. The Morgan fingerprint density at radius 3 is 2.50 bits per heavy atom. The second kappa shape index (κ2) is 6.95. The number of methoxy groups -OCH3 is 1. The van der Waals surface area contributed by atoms with E-state index in [1.54, 1.807) is 36.1 Å². The van der Waals surface area contributed by atoms with Gasteiger partial charge in [-0.3, -0.25) is 4.79 Å². The van der Waals surface area contributed by atoms with Gasteiger partial charge in [-0.2, -0.15) is 0 Å². The first-order valence-corrected chi connectivity index (χ1v) is 7.57. The number of carbonyl (C=O) groups is 1. The molecule has 0 bridgehead atoms. The molecule has 0 aliphatic rings. The monoisotopic (exact) mass is 322 g/mol. The number of rotatable bonds is 5. The summed E-state index contributed by atoms with van der Waals surface area (Å²) in [6, 6.07) is 17.1. The number of aromatic nitrogens is 3. The molecule has 1 N–H and O–H groups in total. The van der Waals surface area contributed by atoms with Crippen molar-refractivity contribution in [1.82, 2.24) is 15.0 Å². The third-order valence-corrected chi connectivity index (χ3v) is 3.72. The molecule has 6 heteroatoms. The average molecular weight is 322 g/mol. The summed E-state index contributed by atoms with van der Waals surface area (Å²) in [5.41, 5.74) is 2.83. The summed E-state index contributed by atoms with van der Waals surface area (Å²) in [6.07, 6.45) is 0. The maximum atomic E-state index is 12.4. The van der Waals surface area contributed by atoms with Crippen molar-refractivity contribution in [1.29, 1.82) is 0 Å². The van der Waals surface area contributed by atoms with Crippen molar-refractivity contribution in [2.75, 3.05) is 12.4 Å². The van der Waals surface area contributed by atoms with Crippen molar-refractivity contribution in [3.8, 4) is 5.75 Å². The summed E-state index contributed by atoms with van der Waals surface area (Å²) < 4.78 is 6.82. The molecule has 0 unspecified atom stereocenters. The normalized spacial score (nSPS) is 10.4. The smallest absolute Gasteiger partial charge is 0.278 e. The Hall–Kier alpha value is -3.15. The lowest BCUT2D eigenvalue weighted by Crippen LogP contribution is -2.14. The molecule has 0 aliphatic heterocycles. The van der Waals surface area contributed by atoms with Crippen LogP contribution in [0.2, 0.25) is 0 Å². The molecule has 1 aromatic heterocycles. The average Bonchev–Trinajstić information content (AvgIpc) is 2.97. The molecule has 0 saturated carbocycles. The van der Waals surface area contributed by atoms with E-state index in [0.717, 1.165) is 17.0 Å². The minimum absolute atomic E-state index is 0.281. The van der Waals surface area contributed by atoms with Gasteiger partial charge in [-0.15, -0.1) is 5.10 Å². The summed E-state index contributed by atoms with van der Waals surface area (Å²) in [4.78, 5) is 12.4. The molecule has 3 rings (SSSR count). The highest BCUT2D eigenvalue weighted by atomic mass is 16.5. The van der Waals surface area contributed by atoms with Gasteiger partial charge in [0.1, 0.15) is 5.75 Å². The first kappa shape index (κ1) is 15.7. The Morgan fingerprint density at radius 2 is 1.83 bits per heavy atom. The number of ether oxygens (including phenoxy) is 1. The number of hydrogen-bond acceptors (Lipinski definition) is 4. The SMILES string of the molecule is COc1ccc(NC(=O)c2nnn(Cc3ccccc3)c2C)cc1. The predicted octanol–water partition coefficient (Wildman–Crippen LogP) is 2.90. The minimum atomic E-state index is -0.281. The number of nitrogens with zero attached hydrogens (tertiary/aromatic N) is 3. The molecule has 0 aliphatic carbocycles. The van der Waals surface area contributed by atoms with E-state index in [0.29, 0.717) is 17.9 Å². The molecule has 6 nitrogen and oxygen atoms in total. The standard InChI is InChI=1S/C18H18N4O2/c1-13-17(18(23)19-15-8-10-16(24-2)11-9-15)20-21-22(13)12-14-6-4-3-5-7-14/h3-11H,12H2,1-2H3,(H,19,23). The van der Waals surface area contributed by atoms with E-state index < -0.39 is 0 Å². The van der Waals surface area contributed by atoms with E-state index >= 15 is 0 Å². The third-order valence-electron chi connectivity index (χ3n) is 3.72. The lowest BCUT2D eigenvalue weighted by atomic mass is 10.2. The van der Waals surface area contributed by atoms with Crippen LogP contribution in [0.5, 0.6) is 5.75 Å². The van der Waals surface area contributed by atoms with Crippen LogP contribution in [-0.2, 0) is 6.54 Å². The number of amides is 1. The van der Waals surface area contributed by atoms with Crippen LogP contribution in [0, 0.1) is 6.92 Å². The van der Waals surface area contributed by atoms with Gasteiger partial charge in [-0.25, -0.2) is 4.68 Å². The molecule has 0 radical (unpaired) electrons. The third kappa shape index (κ3) is 3.43. The van der Waals surface area contributed by atoms with Gasteiger partial charge in [0.15, 0.2) is 5.69 Å². The van der Waals surface area contributed by atoms with Crippen LogP contribution < -0.4 is 10.1 Å². The van der Waals surface area contributed by atoms with Crippen LogP contribution in [0.15, 0.2) is 54.6 Å². The first-order chi connectivity index (χ1) is 11.7.